The Morgan fingerprint density at radius 3 is 2.22 bits per heavy atom. The largest absolute Gasteiger partial charge is 0.493 e. The lowest BCUT2D eigenvalue weighted by molar-refractivity contribution is 0.354. The molecular weight excluding hydrogens is 286 g/mol. The zero-order valence-corrected chi connectivity index (χ0v) is 14.3. The van der Waals surface area contributed by atoms with Gasteiger partial charge in [-0.15, -0.1) is 0 Å². The molecule has 1 atom stereocenters. The molecule has 1 N–H and O–H groups in total. The number of rotatable bonds is 9. The fourth-order valence-corrected chi connectivity index (χ4v) is 2.76. The topological polar surface area (TPSA) is 30.5 Å². The second-order valence-corrected chi connectivity index (χ2v) is 5.73. The minimum absolute atomic E-state index is 0.412. The maximum atomic E-state index is 5.41. The van der Waals surface area contributed by atoms with Gasteiger partial charge in [0.15, 0.2) is 11.5 Å². The van der Waals surface area contributed by atoms with Gasteiger partial charge >= 0.3 is 0 Å². The highest BCUT2D eigenvalue weighted by Crippen LogP contribution is 2.28. The molecule has 0 aliphatic heterocycles. The number of ether oxygens (including phenoxy) is 2. The van der Waals surface area contributed by atoms with Crippen LogP contribution in [-0.2, 0) is 12.8 Å². The van der Waals surface area contributed by atoms with E-state index in [1.807, 2.05) is 6.07 Å². The summed E-state index contributed by atoms with van der Waals surface area (Å²) in [4.78, 5) is 0. The zero-order valence-electron chi connectivity index (χ0n) is 14.3. The van der Waals surface area contributed by atoms with Crippen molar-refractivity contribution < 1.29 is 9.47 Å². The van der Waals surface area contributed by atoms with E-state index >= 15 is 0 Å². The molecule has 0 fully saturated rings. The molecule has 2 rings (SSSR count). The second kappa shape index (κ2) is 9.21. The predicted molar refractivity (Wildman–Crippen MR) is 95.5 cm³/mol. The standard InChI is InChI=1S/C20H27NO2/c1-4-12-21-18(13-16-8-6-5-7-9-16)14-17-10-11-19(22-2)20(15-17)23-3/h5-11,15,18,21H,4,12-14H2,1-3H3. The van der Waals surface area contributed by atoms with Crippen LogP contribution in [0.15, 0.2) is 48.5 Å². The van der Waals surface area contributed by atoms with Crippen LogP contribution >= 0.6 is 0 Å². The highest BCUT2D eigenvalue weighted by atomic mass is 16.5. The molecule has 3 heteroatoms. The minimum atomic E-state index is 0.412. The van der Waals surface area contributed by atoms with E-state index in [1.165, 1.54) is 11.1 Å². The van der Waals surface area contributed by atoms with Crippen molar-refractivity contribution in [2.24, 2.45) is 0 Å². The Labute approximate surface area is 139 Å². The van der Waals surface area contributed by atoms with Gasteiger partial charge < -0.3 is 14.8 Å². The van der Waals surface area contributed by atoms with Gasteiger partial charge in [-0.1, -0.05) is 43.3 Å². The van der Waals surface area contributed by atoms with Gasteiger partial charge in [0.2, 0.25) is 0 Å². The van der Waals surface area contributed by atoms with Crippen molar-refractivity contribution in [1.29, 1.82) is 0 Å². The minimum Gasteiger partial charge on any atom is -0.493 e. The highest BCUT2D eigenvalue weighted by molar-refractivity contribution is 5.43. The number of hydrogen-bond donors (Lipinski definition) is 1. The first-order chi connectivity index (χ1) is 11.3. The summed E-state index contributed by atoms with van der Waals surface area (Å²) >= 11 is 0. The third kappa shape index (κ3) is 5.29. The third-order valence-electron chi connectivity index (χ3n) is 3.94. The molecule has 0 heterocycles. The van der Waals surface area contributed by atoms with Crippen molar-refractivity contribution >= 4 is 0 Å². The van der Waals surface area contributed by atoms with Gasteiger partial charge in [0.05, 0.1) is 14.2 Å². The van der Waals surface area contributed by atoms with Gasteiger partial charge in [-0.3, -0.25) is 0 Å². The van der Waals surface area contributed by atoms with E-state index in [1.54, 1.807) is 14.2 Å². The molecule has 0 aliphatic rings. The monoisotopic (exact) mass is 313 g/mol. The van der Waals surface area contributed by atoms with Crippen LogP contribution in [-0.4, -0.2) is 26.8 Å². The number of nitrogens with one attached hydrogen (secondary N) is 1. The second-order valence-electron chi connectivity index (χ2n) is 5.73. The fourth-order valence-electron chi connectivity index (χ4n) is 2.76. The molecule has 2 aromatic carbocycles. The van der Waals surface area contributed by atoms with E-state index in [2.05, 4.69) is 54.7 Å². The Hall–Kier alpha value is -2.00. The fraction of sp³-hybridized carbons (Fsp3) is 0.400. The van der Waals surface area contributed by atoms with Crippen LogP contribution in [0.1, 0.15) is 24.5 Å². The molecule has 1 unspecified atom stereocenters. The first-order valence-corrected chi connectivity index (χ1v) is 8.25. The van der Waals surface area contributed by atoms with Crippen molar-refractivity contribution in [1.82, 2.24) is 5.32 Å². The van der Waals surface area contributed by atoms with Crippen LogP contribution in [0.5, 0.6) is 11.5 Å². The molecule has 2 aromatic rings. The maximum absolute atomic E-state index is 5.41. The van der Waals surface area contributed by atoms with Crippen LogP contribution < -0.4 is 14.8 Å². The summed E-state index contributed by atoms with van der Waals surface area (Å²) < 4.78 is 10.7. The molecule has 0 radical (unpaired) electrons. The Bertz CT molecular complexity index is 583. The molecular formula is C20H27NO2. The quantitative estimate of drug-likeness (QED) is 0.762. The first-order valence-electron chi connectivity index (χ1n) is 8.25. The van der Waals surface area contributed by atoms with Gasteiger partial charge in [-0.2, -0.15) is 0 Å². The van der Waals surface area contributed by atoms with Gasteiger partial charge in [0, 0.05) is 6.04 Å². The van der Waals surface area contributed by atoms with Crippen LogP contribution in [0.2, 0.25) is 0 Å². The summed E-state index contributed by atoms with van der Waals surface area (Å²) in [6.45, 7) is 3.23. The summed E-state index contributed by atoms with van der Waals surface area (Å²) in [6, 6.07) is 17.2. The molecule has 0 aliphatic carbocycles. The Morgan fingerprint density at radius 1 is 0.870 bits per heavy atom. The van der Waals surface area contributed by atoms with Crippen LogP contribution in [0.4, 0.5) is 0 Å². The van der Waals surface area contributed by atoms with E-state index in [-0.39, 0.29) is 0 Å². The van der Waals surface area contributed by atoms with E-state index in [0.717, 1.165) is 37.3 Å². The summed E-state index contributed by atoms with van der Waals surface area (Å²) in [5.41, 5.74) is 2.62. The van der Waals surface area contributed by atoms with E-state index < -0.39 is 0 Å². The lowest BCUT2D eigenvalue weighted by Crippen LogP contribution is -2.33. The molecule has 0 saturated carbocycles. The molecule has 0 aromatic heterocycles. The van der Waals surface area contributed by atoms with Crippen LogP contribution in [0.25, 0.3) is 0 Å². The number of hydrogen-bond acceptors (Lipinski definition) is 3. The predicted octanol–water partition coefficient (Wildman–Crippen LogP) is 3.86. The normalized spacial score (nSPS) is 12.0. The average Bonchev–Trinajstić information content (AvgIpc) is 2.60. The van der Waals surface area contributed by atoms with Crippen LogP contribution in [0, 0.1) is 0 Å². The van der Waals surface area contributed by atoms with E-state index in [0.29, 0.717) is 6.04 Å². The molecule has 0 spiro atoms. The number of methoxy groups -OCH3 is 2. The molecule has 0 bridgehead atoms. The van der Waals surface area contributed by atoms with Gasteiger partial charge in [-0.25, -0.2) is 0 Å². The smallest absolute Gasteiger partial charge is 0.160 e. The van der Waals surface area contributed by atoms with Crippen LogP contribution in [0.3, 0.4) is 0 Å². The molecule has 23 heavy (non-hydrogen) atoms. The first kappa shape index (κ1) is 17.4. The highest BCUT2D eigenvalue weighted by Gasteiger charge is 2.12. The van der Waals surface area contributed by atoms with Gasteiger partial charge in [0.1, 0.15) is 0 Å². The lowest BCUT2D eigenvalue weighted by Gasteiger charge is -2.19. The Morgan fingerprint density at radius 2 is 1.57 bits per heavy atom. The Kier molecular flexibility index (Phi) is 6.95. The summed E-state index contributed by atoms with van der Waals surface area (Å²) in [7, 11) is 3.34. The van der Waals surface area contributed by atoms with Crippen molar-refractivity contribution in [2.45, 2.75) is 32.2 Å². The van der Waals surface area contributed by atoms with Crippen molar-refractivity contribution in [3.63, 3.8) is 0 Å². The summed E-state index contributed by atoms with van der Waals surface area (Å²) in [5.74, 6) is 1.57. The molecule has 0 amide bonds. The van der Waals surface area contributed by atoms with E-state index in [4.69, 9.17) is 9.47 Å². The SMILES string of the molecule is CCCNC(Cc1ccccc1)Cc1ccc(OC)c(OC)c1. The van der Waals surface area contributed by atoms with Gasteiger partial charge in [0.25, 0.3) is 0 Å². The van der Waals surface area contributed by atoms with Gasteiger partial charge in [-0.05, 0) is 49.1 Å². The lowest BCUT2D eigenvalue weighted by atomic mass is 9.98. The van der Waals surface area contributed by atoms with Crippen molar-refractivity contribution in [3.05, 3.63) is 59.7 Å². The zero-order chi connectivity index (χ0) is 16.5. The summed E-state index contributed by atoms with van der Waals surface area (Å²) in [6.07, 6.45) is 3.13. The summed E-state index contributed by atoms with van der Waals surface area (Å²) in [5, 5.41) is 3.66. The number of benzene rings is 2. The third-order valence-corrected chi connectivity index (χ3v) is 3.94. The average molecular weight is 313 g/mol. The maximum Gasteiger partial charge on any atom is 0.160 e. The Balaban J connectivity index is 2.10. The molecule has 124 valence electrons. The molecule has 0 saturated heterocycles. The van der Waals surface area contributed by atoms with E-state index in [9.17, 15) is 0 Å². The van der Waals surface area contributed by atoms with Crippen molar-refractivity contribution in [3.8, 4) is 11.5 Å². The molecule has 3 nitrogen and oxygen atoms in total. The van der Waals surface area contributed by atoms with Crippen molar-refractivity contribution in [2.75, 3.05) is 20.8 Å².